The molecular weight excluding hydrogens is 260 g/mol. The molecule has 0 aliphatic rings. The van der Waals surface area contributed by atoms with Crippen LogP contribution in [0.2, 0.25) is 0 Å². The highest BCUT2D eigenvalue weighted by Gasteiger charge is 2.12. The van der Waals surface area contributed by atoms with Gasteiger partial charge in [-0.05, 0) is 31.9 Å². The highest BCUT2D eigenvalue weighted by molar-refractivity contribution is 7.79. The lowest BCUT2D eigenvalue weighted by atomic mass is 10.1. The van der Waals surface area contributed by atoms with Crippen molar-refractivity contribution in [1.82, 2.24) is 9.78 Å². The average molecular weight is 276 g/mol. The van der Waals surface area contributed by atoms with Gasteiger partial charge in [0.2, 0.25) is 0 Å². The molecule has 1 aromatic carbocycles. The minimum Gasteiger partial charge on any atom is -0.506 e. The summed E-state index contributed by atoms with van der Waals surface area (Å²) in [6, 6.07) is 5.19. The topological polar surface area (TPSA) is 55.1 Å². The summed E-state index contributed by atoms with van der Waals surface area (Å²) in [4.78, 5) is 12.0. The number of aryl methyl sites for hydroxylation is 3. The molecule has 0 saturated carbocycles. The summed E-state index contributed by atoms with van der Waals surface area (Å²) in [5.41, 5.74) is 3.89. The highest BCUT2D eigenvalue weighted by atomic mass is 32.1. The molecular formula is C14H16N2O2S. The van der Waals surface area contributed by atoms with Gasteiger partial charge in [0.05, 0.1) is 5.69 Å². The number of rotatable bonds is 2. The van der Waals surface area contributed by atoms with Crippen molar-refractivity contribution < 1.29 is 5.11 Å². The number of thiol groups is 1. The predicted octanol–water partition coefficient (Wildman–Crippen LogP) is 2.29. The third-order valence-corrected chi connectivity index (χ3v) is 3.28. The molecule has 0 amide bonds. The molecule has 0 unspecified atom stereocenters. The molecule has 0 radical (unpaired) electrons. The van der Waals surface area contributed by atoms with Crippen LogP contribution in [0.3, 0.4) is 0 Å². The predicted molar refractivity (Wildman–Crippen MR) is 78.4 cm³/mol. The summed E-state index contributed by atoms with van der Waals surface area (Å²) >= 11 is 4.10. The summed E-state index contributed by atoms with van der Waals surface area (Å²) in [6.07, 6.45) is 0. The fourth-order valence-electron chi connectivity index (χ4n) is 2.26. The lowest BCUT2D eigenvalue weighted by Crippen LogP contribution is -2.23. The Bertz CT molecular complexity index is 669. The van der Waals surface area contributed by atoms with E-state index in [2.05, 4.69) is 17.7 Å². The van der Waals surface area contributed by atoms with E-state index in [1.807, 2.05) is 32.9 Å². The van der Waals surface area contributed by atoms with Crippen molar-refractivity contribution in [2.45, 2.75) is 26.5 Å². The Labute approximate surface area is 117 Å². The molecule has 0 spiro atoms. The van der Waals surface area contributed by atoms with Gasteiger partial charge in [0, 0.05) is 11.8 Å². The largest absolute Gasteiger partial charge is 0.506 e. The summed E-state index contributed by atoms with van der Waals surface area (Å²) < 4.78 is 1.33. The number of hydrogen-bond donors (Lipinski definition) is 2. The summed E-state index contributed by atoms with van der Waals surface area (Å²) in [5, 5.41) is 13.8. The zero-order valence-corrected chi connectivity index (χ0v) is 12.0. The van der Waals surface area contributed by atoms with Crippen molar-refractivity contribution in [3.8, 4) is 11.4 Å². The van der Waals surface area contributed by atoms with Gasteiger partial charge >= 0.3 is 0 Å². The molecule has 1 heterocycles. The molecule has 19 heavy (non-hydrogen) atoms. The molecule has 4 nitrogen and oxygen atoms in total. The third kappa shape index (κ3) is 2.51. The minimum absolute atomic E-state index is 0.112. The van der Waals surface area contributed by atoms with Crippen LogP contribution >= 0.6 is 12.6 Å². The molecule has 1 N–H and O–H groups in total. The Hall–Kier alpha value is -1.75. The molecule has 0 bridgehead atoms. The van der Waals surface area contributed by atoms with Gasteiger partial charge in [-0.25, -0.2) is 0 Å². The second-order valence-electron chi connectivity index (χ2n) is 4.63. The maximum atomic E-state index is 12.0. The fourth-order valence-corrected chi connectivity index (χ4v) is 2.49. The summed E-state index contributed by atoms with van der Waals surface area (Å²) in [7, 11) is 0. The van der Waals surface area contributed by atoms with Crippen LogP contribution in [0, 0.1) is 20.8 Å². The van der Waals surface area contributed by atoms with Gasteiger partial charge in [-0.15, -0.1) is 0 Å². The first-order valence-corrected chi connectivity index (χ1v) is 6.58. The van der Waals surface area contributed by atoms with E-state index in [1.165, 1.54) is 10.7 Å². The molecule has 100 valence electrons. The molecule has 1 aromatic heterocycles. The van der Waals surface area contributed by atoms with E-state index in [4.69, 9.17) is 0 Å². The van der Waals surface area contributed by atoms with Crippen LogP contribution in [0.4, 0.5) is 0 Å². The molecule has 0 atom stereocenters. The lowest BCUT2D eigenvalue weighted by Gasteiger charge is -2.13. The van der Waals surface area contributed by atoms with E-state index in [0.29, 0.717) is 5.69 Å². The van der Waals surface area contributed by atoms with Crippen molar-refractivity contribution in [2.75, 3.05) is 0 Å². The van der Waals surface area contributed by atoms with Crippen molar-refractivity contribution >= 4 is 12.6 Å². The van der Waals surface area contributed by atoms with E-state index in [1.54, 1.807) is 0 Å². The summed E-state index contributed by atoms with van der Waals surface area (Å²) in [6.45, 7) is 5.89. The number of benzene rings is 1. The van der Waals surface area contributed by atoms with E-state index < -0.39 is 0 Å². The van der Waals surface area contributed by atoms with Crippen LogP contribution in [0.15, 0.2) is 23.0 Å². The van der Waals surface area contributed by atoms with E-state index >= 15 is 0 Å². The molecule has 0 fully saturated rings. The molecule has 2 aromatic rings. The van der Waals surface area contributed by atoms with Crippen molar-refractivity contribution in [3.05, 3.63) is 50.9 Å². The Morgan fingerprint density at radius 3 is 2.32 bits per heavy atom. The van der Waals surface area contributed by atoms with E-state index in [-0.39, 0.29) is 17.1 Å². The highest BCUT2D eigenvalue weighted by Crippen LogP contribution is 2.20. The first kappa shape index (κ1) is 13.7. The third-order valence-electron chi connectivity index (χ3n) is 2.98. The van der Waals surface area contributed by atoms with Crippen molar-refractivity contribution in [2.24, 2.45) is 0 Å². The van der Waals surface area contributed by atoms with Crippen LogP contribution in [0.1, 0.15) is 22.4 Å². The van der Waals surface area contributed by atoms with Crippen LogP contribution in [-0.2, 0) is 5.75 Å². The monoisotopic (exact) mass is 276 g/mol. The van der Waals surface area contributed by atoms with Crippen LogP contribution in [0.5, 0.6) is 5.75 Å². The normalized spacial score (nSPS) is 10.7. The average Bonchev–Trinajstić information content (AvgIpc) is 2.30. The second kappa shape index (κ2) is 5.09. The first-order chi connectivity index (χ1) is 8.93. The van der Waals surface area contributed by atoms with Gasteiger partial charge < -0.3 is 5.11 Å². The smallest absolute Gasteiger partial charge is 0.275 e. The summed E-state index contributed by atoms with van der Waals surface area (Å²) in [5.74, 6) is 0.162. The fraction of sp³-hybridized carbons (Fsp3) is 0.286. The Morgan fingerprint density at radius 2 is 1.79 bits per heavy atom. The van der Waals surface area contributed by atoms with Crippen molar-refractivity contribution in [1.29, 1.82) is 0 Å². The molecule has 0 aliphatic carbocycles. The van der Waals surface area contributed by atoms with Gasteiger partial charge in [0.25, 0.3) is 5.56 Å². The Kier molecular flexibility index (Phi) is 3.66. The second-order valence-corrected chi connectivity index (χ2v) is 4.95. The van der Waals surface area contributed by atoms with Crippen LogP contribution in [0.25, 0.3) is 5.69 Å². The minimum atomic E-state index is -0.349. The molecule has 5 heteroatoms. The zero-order valence-electron chi connectivity index (χ0n) is 11.1. The zero-order chi connectivity index (χ0) is 14.2. The van der Waals surface area contributed by atoms with Crippen molar-refractivity contribution in [3.63, 3.8) is 0 Å². The maximum absolute atomic E-state index is 12.0. The van der Waals surface area contributed by atoms with Gasteiger partial charge in [0.1, 0.15) is 11.4 Å². The number of aromatic nitrogens is 2. The van der Waals surface area contributed by atoms with Crippen LogP contribution in [-0.4, -0.2) is 14.9 Å². The Balaban J connectivity index is 2.76. The Morgan fingerprint density at radius 1 is 1.21 bits per heavy atom. The number of aromatic hydroxyl groups is 1. The van der Waals surface area contributed by atoms with Gasteiger partial charge in [-0.2, -0.15) is 22.4 Å². The van der Waals surface area contributed by atoms with Crippen LogP contribution < -0.4 is 5.56 Å². The number of nitrogens with zero attached hydrogens (tertiary/aromatic N) is 2. The standard InChI is InChI=1S/C14H16N2O2S/c1-8-4-9(2)14(10(3)5-8)16-13(18)6-12(17)11(7-19)15-16/h4-6,17,19H,7H2,1-3H3. The molecule has 0 saturated heterocycles. The van der Waals surface area contributed by atoms with Gasteiger partial charge in [0.15, 0.2) is 0 Å². The SMILES string of the molecule is Cc1cc(C)c(-n2nc(CS)c(O)cc2=O)c(C)c1. The molecule has 2 rings (SSSR count). The lowest BCUT2D eigenvalue weighted by molar-refractivity contribution is 0.460. The van der Waals surface area contributed by atoms with E-state index in [0.717, 1.165) is 22.4 Å². The first-order valence-electron chi connectivity index (χ1n) is 5.95. The van der Waals surface area contributed by atoms with Gasteiger partial charge in [-0.1, -0.05) is 17.7 Å². The maximum Gasteiger partial charge on any atom is 0.275 e. The molecule has 0 aliphatic heterocycles. The van der Waals surface area contributed by atoms with Gasteiger partial charge in [-0.3, -0.25) is 4.79 Å². The van der Waals surface area contributed by atoms with E-state index in [9.17, 15) is 9.90 Å². The number of hydrogen-bond acceptors (Lipinski definition) is 4. The quantitative estimate of drug-likeness (QED) is 0.828.